The van der Waals surface area contributed by atoms with E-state index in [1.807, 2.05) is 24.3 Å². The molecular weight excluding hydrogens is 322 g/mol. The summed E-state index contributed by atoms with van der Waals surface area (Å²) in [5.41, 5.74) is 0.773. The summed E-state index contributed by atoms with van der Waals surface area (Å²) < 4.78 is 5.91. The zero-order chi connectivity index (χ0) is 14.2. The first-order valence-electron chi connectivity index (χ1n) is 6.34. The lowest BCUT2D eigenvalue weighted by atomic mass is 9.86. The van der Waals surface area contributed by atoms with E-state index in [-0.39, 0.29) is 5.91 Å². The average molecular weight is 336 g/mol. The molecule has 1 aliphatic heterocycles. The van der Waals surface area contributed by atoms with Crippen molar-refractivity contribution in [2.24, 2.45) is 0 Å². The molecule has 1 aromatic heterocycles. The SMILES string of the molecule is O=C(Cc1ccoc1)N1CC(O)(c2ccc(Br)cc2)C1. The van der Waals surface area contributed by atoms with Gasteiger partial charge >= 0.3 is 0 Å². The van der Waals surface area contributed by atoms with Crippen LogP contribution in [0, 0.1) is 0 Å². The lowest BCUT2D eigenvalue weighted by Gasteiger charge is -2.46. The van der Waals surface area contributed by atoms with Crippen molar-refractivity contribution < 1.29 is 14.3 Å². The summed E-state index contributed by atoms with van der Waals surface area (Å²) in [6.07, 6.45) is 3.43. The quantitative estimate of drug-likeness (QED) is 0.936. The van der Waals surface area contributed by atoms with E-state index in [1.54, 1.807) is 23.5 Å². The van der Waals surface area contributed by atoms with Gasteiger partial charge in [0.25, 0.3) is 0 Å². The molecule has 0 bridgehead atoms. The zero-order valence-electron chi connectivity index (χ0n) is 10.8. The summed E-state index contributed by atoms with van der Waals surface area (Å²) in [5, 5.41) is 10.5. The van der Waals surface area contributed by atoms with Gasteiger partial charge in [-0.25, -0.2) is 0 Å². The van der Waals surface area contributed by atoms with Crippen LogP contribution in [0.2, 0.25) is 0 Å². The number of carbonyl (C=O) groups excluding carboxylic acids is 1. The zero-order valence-corrected chi connectivity index (χ0v) is 12.3. The van der Waals surface area contributed by atoms with Gasteiger partial charge in [-0.05, 0) is 29.3 Å². The van der Waals surface area contributed by atoms with Gasteiger partial charge in [0.05, 0.1) is 32.0 Å². The first kappa shape index (κ1) is 13.4. The van der Waals surface area contributed by atoms with E-state index in [0.717, 1.165) is 15.6 Å². The number of hydrogen-bond donors (Lipinski definition) is 1. The van der Waals surface area contributed by atoms with Crippen LogP contribution >= 0.6 is 15.9 Å². The molecule has 1 aromatic carbocycles. The molecule has 104 valence electrons. The summed E-state index contributed by atoms with van der Waals surface area (Å²) in [5.74, 6) is 0.00758. The maximum absolute atomic E-state index is 12.0. The predicted molar refractivity (Wildman–Crippen MR) is 77.0 cm³/mol. The van der Waals surface area contributed by atoms with E-state index in [2.05, 4.69) is 15.9 Å². The Morgan fingerprint density at radius 3 is 2.60 bits per heavy atom. The van der Waals surface area contributed by atoms with Gasteiger partial charge in [0.2, 0.25) is 5.91 Å². The fraction of sp³-hybridized carbons (Fsp3) is 0.267. The Kier molecular flexibility index (Phi) is 3.40. The molecule has 2 heterocycles. The van der Waals surface area contributed by atoms with Crippen LogP contribution in [-0.4, -0.2) is 29.0 Å². The number of benzene rings is 1. The minimum absolute atomic E-state index is 0.00758. The second-order valence-electron chi connectivity index (χ2n) is 5.10. The van der Waals surface area contributed by atoms with Crippen LogP contribution in [-0.2, 0) is 16.8 Å². The number of amides is 1. The van der Waals surface area contributed by atoms with E-state index in [0.29, 0.717) is 19.5 Å². The van der Waals surface area contributed by atoms with Gasteiger partial charge in [-0.3, -0.25) is 4.79 Å². The highest BCUT2D eigenvalue weighted by Gasteiger charge is 2.44. The molecule has 1 fully saturated rings. The van der Waals surface area contributed by atoms with Crippen LogP contribution in [0.5, 0.6) is 0 Å². The third kappa shape index (κ3) is 2.51. The van der Waals surface area contributed by atoms with Gasteiger partial charge in [-0.2, -0.15) is 0 Å². The summed E-state index contributed by atoms with van der Waals surface area (Å²) in [7, 11) is 0. The molecule has 0 radical (unpaired) electrons. The summed E-state index contributed by atoms with van der Waals surface area (Å²) in [6, 6.07) is 9.31. The number of furan rings is 1. The second-order valence-corrected chi connectivity index (χ2v) is 6.01. The van der Waals surface area contributed by atoms with Gasteiger partial charge in [0, 0.05) is 4.47 Å². The molecule has 1 N–H and O–H groups in total. The average Bonchev–Trinajstić information content (AvgIpc) is 2.88. The van der Waals surface area contributed by atoms with Crippen LogP contribution in [0.15, 0.2) is 51.7 Å². The van der Waals surface area contributed by atoms with Crippen molar-refractivity contribution >= 4 is 21.8 Å². The van der Waals surface area contributed by atoms with Crippen molar-refractivity contribution in [1.29, 1.82) is 0 Å². The fourth-order valence-corrected chi connectivity index (χ4v) is 2.65. The minimum atomic E-state index is -0.924. The van der Waals surface area contributed by atoms with Crippen molar-refractivity contribution in [3.05, 3.63) is 58.5 Å². The van der Waals surface area contributed by atoms with E-state index in [1.165, 1.54) is 0 Å². The Morgan fingerprint density at radius 2 is 2.00 bits per heavy atom. The smallest absolute Gasteiger partial charge is 0.227 e. The summed E-state index contributed by atoms with van der Waals surface area (Å²) >= 11 is 3.37. The number of carbonyl (C=O) groups is 1. The topological polar surface area (TPSA) is 53.7 Å². The van der Waals surface area contributed by atoms with Gasteiger partial charge < -0.3 is 14.4 Å². The maximum Gasteiger partial charge on any atom is 0.227 e. The highest BCUT2D eigenvalue weighted by atomic mass is 79.9. The number of β-amino-alcohol motifs (C(OH)–C–C–N with tert-alkyl or cyclic N) is 1. The Balaban J connectivity index is 1.62. The van der Waals surface area contributed by atoms with Crippen LogP contribution < -0.4 is 0 Å². The molecule has 2 aromatic rings. The monoisotopic (exact) mass is 335 g/mol. The van der Waals surface area contributed by atoms with Gasteiger partial charge in [0.15, 0.2) is 0 Å². The molecule has 3 rings (SSSR count). The molecule has 0 spiro atoms. The lowest BCUT2D eigenvalue weighted by Crippen LogP contribution is -2.61. The van der Waals surface area contributed by atoms with Crippen LogP contribution in [0.4, 0.5) is 0 Å². The van der Waals surface area contributed by atoms with Crippen molar-refractivity contribution in [1.82, 2.24) is 4.90 Å². The van der Waals surface area contributed by atoms with Crippen LogP contribution in [0.1, 0.15) is 11.1 Å². The summed E-state index contributed by atoms with van der Waals surface area (Å²) in [6.45, 7) is 0.677. The highest BCUT2D eigenvalue weighted by molar-refractivity contribution is 9.10. The first-order chi connectivity index (χ1) is 9.57. The molecule has 5 heteroatoms. The number of halogens is 1. The van der Waals surface area contributed by atoms with Crippen molar-refractivity contribution in [2.45, 2.75) is 12.0 Å². The van der Waals surface area contributed by atoms with E-state index in [4.69, 9.17) is 4.42 Å². The Morgan fingerprint density at radius 1 is 1.30 bits per heavy atom. The predicted octanol–water partition coefficient (Wildman–Crippen LogP) is 2.31. The number of hydrogen-bond acceptors (Lipinski definition) is 3. The van der Waals surface area contributed by atoms with Crippen molar-refractivity contribution in [3.63, 3.8) is 0 Å². The molecular formula is C15H14BrNO3. The van der Waals surface area contributed by atoms with Crippen molar-refractivity contribution in [2.75, 3.05) is 13.1 Å². The number of rotatable bonds is 3. The minimum Gasteiger partial charge on any atom is -0.472 e. The van der Waals surface area contributed by atoms with E-state index < -0.39 is 5.60 Å². The Labute approximate surface area is 125 Å². The second kappa shape index (κ2) is 5.07. The lowest BCUT2D eigenvalue weighted by molar-refractivity contribution is -0.156. The molecule has 4 nitrogen and oxygen atoms in total. The van der Waals surface area contributed by atoms with Crippen molar-refractivity contribution in [3.8, 4) is 0 Å². The standard InChI is InChI=1S/C15H14BrNO3/c16-13-3-1-12(2-4-13)15(19)9-17(10-15)14(18)7-11-5-6-20-8-11/h1-6,8,19H,7,9-10H2. The number of likely N-dealkylation sites (tertiary alicyclic amines) is 1. The summed E-state index contributed by atoms with van der Waals surface area (Å²) in [4.78, 5) is 13.7. The molecule has 1 amide bonds. The molecule has 0 unspecified atom stereocenters. The molecule has 1 saturated heterocycles. The Bertz CT molecular complexity index is 601. The number of nitrogens with zero attached hydrogens (tertiary/aromatic N) is 1. The highest BCUT2D eigenvalue weighted by Crippen LogP contribution is 2.32. The van der Waals surface area contributed by atoms with Crippen LogP contribution in [0.25, 0.3) is 0 Å². The molecule has 1 aliphatic rings. The van der Waals surface area contributed by atoms with Gasteiger partial charge in [-0.15, -0.1) is 0 Å². The molecule has 0 atom stereocenters. The Hall–Kier alpha value is -1.59. The molecule has 0 saturated carbocycles. The first-order valence-corrected chi connectivity index (χ1v) is 7.13. The third-order valence-corrected chi connectivity index (χ3v) is 4.10. The van der Waals surface area contributed by atoms with E-state index >= 15 is 0 Å². The largest absolute Gasteiger partial charge is 0.472 e. The normalized spacial score (nSPS) is 16.8. The van der Waals surface area contributed by atoms with E-state index in [9.17, 15) is 9.90 Å². The molecule has 0 aliphatic carbocycles. The van der Waals surface area contributed by atoms with Crippen LogP contribution in [0.3, 0.4) is 0 Å². The van der Waals surface area contributed by atoms with Gasteiger partial charge in [0.1, 0.15) is 5.60 Å². The maximum atomic E-state index is 12.0. The van der Waals surface area contributed by atoms with Gasteiger partial charge in [-0.1, -0.05) is 28.1 Å². The molecule has 20 heavy (non-hydrogen) atoms. The third-order valence-electron chi connectivity index (χ3n) is 3.57. The fourth-order valence-electron chi connectivity index (χ4n) is 2.38. The number of aliphatic hydroxyl groups is 1.